The molecule has 0 unspecified atom stereocenters. The molecule has 0 radical (unpaired) electrons. The molecule has 8 nitrogen and oxygen atoms in total. The van der Waals surface area contributed by atoms with Crippen molar-refractivity contribution in [3.63, 3.8) is 0 Å². The molecule has 0 fully saturated rings. The van der Waals surface area contributed by atoms with Gasteiger partial charge in [-0.1, -0.05) is 78.6 Å². The van der Waals surface area contributed by atoms with Crippen LogP contribution in [0.15, 0.2) is 101 Å². The maximum absolute atomic E-state index is 14.1. The molecule has 3 heterocycles. The molecule has 0 spiro atoms. The lowest BCUT2D eigenvalue weighted by molar-refractivity contribution is -0.138. The van der Waals surface area contributed by atoms with Gasteiger partial charge in [-0.2, -0.15) is 0 Å². The maximum atomic E-state index is 14.1. The third-order valence-corrected chi connectivity index (χ3v) is 7.63. The standard InChI is InChI=1S/C32H26N2O6S/c1-3-16-38-23-13-9-8-12-21(23)18-26-30(35)34-29(22-14-15-24-25(17-22)40-19-39-24)27(31(36)37-4-2)28(33-32(34)41-26)20-10-6-5-7-11-20/h3,5-15,17-18,29H,1,4,16,19H2,2H3/b26-18+/t29-/m1/s1. The highest BCUT2D eigenvalue weighted by molar-refractivity contribution is 7.07. The van der Waals surface area contributed by atoms with Gasteiger partial charge in [-0.15, -0.1) is 0 Å². The molecule has 41 heavy (non-hydrogen) atoms. The van der Waals surface area contributed by atoms with E-state index in [1.54, 1.807) is 35.8 Å². The number of hydrogen-bond donors (Lipinski definition) is 0. The zero-order chi connectivity index (χ0) is 28.3. The average molecular weight is 567 g/mol. The van der Waals surface area contributed by atoms with E-state index in [0.717, 1.165) is 11.1 Å². The number of rotatable bonds is 8. The number of carbonyl (C=O) groups is 1. The molecule has 0 saturated heterocycles. The molecular weight excluding hydrogens is 540 g/mol. The van der Waals surface area contributed by atoms with E-state index in [-0.39, 0.29) is 24.5 Å². The van der Waals surface area contributed by atoms with E-state index in [1.807, 2.05) is 60.7 Å². The van der Waals surface area contributed by atoms with Crippen LogP contribution in [0.4, 0.5) is 0 Å². The Kier molecular flexibility index (Phi) is 7.26. The van der Waals surface area contributed by atoms with E-state index in [1.165, 1.54) is 11.3 Å². The lowest BCUT2D eigenvalue weighted by atomic mass is 9.93. The van der Waals surface area contributed by atoms with Crippen molar-refractivity contribution < 1.29 is 23.7 Å². The molecule has 1 atom stereocenters. The first-order valence-electron chi connectivity index (χ1n) is 13.1. The SMILES string of the molecule is C=CCOc1ccccc1/C=c1/sc2n(c1=O)[C@H](c1ccc3c(c1)OCO3)C(C(=O)OCC)=C(c1ccccc1)N=2. The van der Waals surface area contributed by atoms with Crippen molar-refractivity contribution in [1.29, 1.82) is 0 Å². The molecule has 6 rings (SSSR count). The maximum Gasteiger partial charge on any atom is 0.338 e. The average Bonchev–Trinajstić information content (AvgIpc) is 3.60. The minimum atomic E-state index is -0.815. The van der Waals surface area contributed by atoms with Gasteiger partial charge >= 0.3 is 5.97 Å². The summed E-state index contributed by atoms with van der Waals surface area (Å²) in [6.45, 7) is 6.07. The van der Waals surface area contributed by atoms with Crippen molar-refractivity contribution in [3.8, 4) is 17.2 Å². The fourth-order valence-corrected chi connectivity index (χ4v) is 5.85. The van der Waals surface area contributed by atoms with Gasteiger partial charge < -0.3 is 18.9 Å². The summed E-state index contributed by atoms with van der Waals surface area (Å²) in [7, 11) is 0. The highest BCUT2D eigenvalue weighted by Crippen LogP contribution is 2.40. The Morgan fingerprint density at radius 2 is 1.88 bits per heavy atom. The molecule has 2 aliphatic heterocycles. The van der Waals surface area contributed by atoms with Gasteiger partial charge in [0.05, 0.1) is 28.5 Å². The van der Waals surface area contributed by atoms with Gasteiger partial charge in [-0.05, 0) is 36.8 Å². The van der Waals surface area contributed by atoms with Gasteiger partial charge in [0.2, 0.25) is 6.79 Å². The van der Waals surface area contributed by atoms with Crippen molar-refractivity contribution in [3.05, 3.63) is 127 Å². The summed E-state index contributed by atoms with van der Waals surface area (Å²) in [5, 5.41) is 0. The number of para-hydroxylation sites is 1. The molecule has 0 bridgehead atoms. The predicted octanol–water partition coefficient (Wildman–Crippen LogP) is 4.23. The van der Waals surface area contributed by atoms with Gasteiger partial charge in [-0.3, -0.25) is 9.36 Å². The van der Waals surface area contributed by atoms with Crippen LogP contribution >= 0.6 is 11.3 Å². The van der Waals surface area contributed by atoms with Crippen molar-refractivity contribution >= 4 is 29.1 Å². The molecule has 2 aliphatic rings. The first-order valence-corrected chi connectivity index (χ1v) is 13.9. The Labute approximate surface area is 239 Å². The topological polar surface area (TPSA) is 88.3 Å². The number of thiazole rings is 1. The zero-order valence-electron chi connectivity index (χ0n) is 22.2. The number of fused-ring (bicyclic) bond motifs is 2. The molecule has 206 valence electrons. The van der Waals surface area contributed by atoms with Crippen molar-refractivity contribution in [2.24, 2.45) is 4.99 Å². The van der Waals surface area contributed by atoms with Crippen molar-refractivity contribution in [1.82, 2.24) is 4.57 Å². The Balaban J connectivity index is 1.62. The number of ether oxygens (including phenoxy) is 4. The summed E-state index contributed by atoms with van der Waals surface area (Å²) in [4.78, 5) is 33.1. The molecule has 0 N–H and O–H groups in total. The second-order valence-corrected chi connectivity index (χ2v) is 10.2. The molecule has 4 aromatic rings. The quantitative estimate of drug-likeness (QED) is 0.234. The van der Waals surface area contributed by atoms with Crippen LogP contribution in [-0.2, 0) is 9.53 Å². The smallest absolute Gasteiger partial charge is 0.338 e. The van der Waals surface area contributed by atoms with E-state index < -0.39 is 12.0 Å². The van der Waals surface area contributed by atoms with Gasteiger partial charge in [-0.25, -0.2) is 9.79 Å². The Hall–Kier alpha value is -4.89. The minimum absolute atomic E-state index is 0.102. The lowest BCUT2D eigenvalue weighted by Crippen LogP contribution is -2.40. The number of carbonyl (C=O) groups excluding carboxylic acids is 1. The van der Waals surface area contributed by atoms with Crippen molar-refractivity contribution in [2.45, 2.75) is 13.0 Å². The van der Waals surface area contributed by atoms with E-state index in [4.69, 9.17) is 23.9 Å². The third-order valence-electron chi connectivity index (χ3n) is 6.65. The predicted molar refractivity (Wildman–Crippen MR) is 156 cm³/mol. The highest BCUT2D eigenvalue weighted by Gasteiger charge is 2.36. The summed E-state index contributed by atoms with van der Waals surface area (Å²) >= 11 is 1.25. The van der Waals surface area contributed by atoms with Crippen LogP contribution in [0.2, 0.25) is 0 Å². The van der Waals surface area contributed by atoms with Gasteiger partial charge in [0, 0.05) is 11.1 Å². The number of esters is 1. The van der Waals surface area contributed by atoms with E-state index in [0.29, 0.717) is 44.4 Å². The van der Waals surface area contributed by atoms with Gasteiger partial charge in [0.15, 0.2) is 16.3 Å². The van der Waals surface area contributed by atoms with E-state index >= 15 is 0 Å². The van der Waals surface area contributed by atoms with Gasteiger partial charge in [0.1, 0.15) is 12.4 Å². The van der Waals surface area contributed by atoms with Gasteiger partial charge in [0.25, 0.3) is 5.56 Å². The van der Waals surface area contributed by atoms with Crippen LogP contribution in [0, 0.1) is 0 Å². The molecule has 0 saturated carbocycles. The second-order valence-electron chi connectivity index (χ2n) is 9.18. The molecule has 3 aromatic carbocycles. The Bertz CT molecular complexity index is 1850. The summed E-state index contributed by atoms with van der Waals surface area (Å²) in [6, 6.07) is 21.5. The first-order chi connectivity index (χ1) is 20.1. The normalized spacial score (nSPS) is 15.7. The molecule has 0 amide bonds. The van der Waals surface area contributed by atoms with E-state index in [9.17, 15) is 9.59 Å². The Morgan fingerprint density at radius 1 is 1.10 bits per heavy atom. The Morgan fingerprint density at radius 3 is 2.68 bits per heavy atom. The summed E-state index contributed by atoms with van der Waals surface area (Å²) in [5.41, 5.74) is 2.58. The van der Waals surface area contributed by atoms with Crippen molar-refractivity contribution in [2.75, 3.05) is 20.0 Å². The minimum Gasteiger partial charge on any atom is -0.489 e. The number of benzene rings is 3. The number of hydrogen-bond acceptors (Lipinski definition) is 8. The lowest BCUT2D eigenvalue weighted by Gasteiger charge is -2.26. The van der Waals surface area contributed by atoms with Crippen LogP contribution in [-0.4, -0.2) is 30.5 Å². The largest absolute Gasteiger partial charge is 0.489 e. The fourth-order valence-electron chi connectivity index (χ4n) is 4.86. The van der Waals surface area contributed by atoms with E-state index in [2.05, 4.69) is 6.58 Å². The fraction of sp³-hybridized carbons (Fsp3) is 0.156. The van der Waals surface area contributed by atoms with Crippen LogP contribution in [0.3, 0.4) is 0 Å². The number of nitrogens with zero attached hydrogens (tertiary/aromatic N) is 2. The van der Waals surface area contributed by atoms with Crippen LogP contribution in [0.25, 0.3) is 11.8 Å². The monoisotopic (exact) mass is 566 g/mol. The van der Waals surface area contributed by atoms with Crippen LogP contribution in [0.5, 0.6) is 17.2 Å². The first kappa shape index (κ1) is 26.3. The van der Waals surface area contributed by atoms with Crippen LogP contribution < -0.4 is 29.1 Å². The second kappa shape index (κ2) is 11.3. The molecule has 9 heteroatoms. The molecule has 0 aliphatic carbocycles. The summed E-state index contributed by atoms with van der Waals surface area (Å²) in [6.07, 6.45) is 3.45. The zero-order valence-corrected chi connectivity index (χ0v) is 23.1. The summed E-state index contributed by atoms with van der Waals surface area (Å²) in [5.74, 6) is 1.22. The highest BCUT2D eigenvalue weighted by atomic mass is 32.1. The summed E-state index contributed by atoms with van der Waals surface area (Å²) < 4.78 is 24.5. The van der Waals surface area contributed by atoms with Crippen LogP contribution in [0.1, 0.15) is 29.7 Å². The number of aromatic nitrogens is 1. The molecular formula is C32H26N2O6S. The molecule has 1 aromatic heterocycles. The third kappa shape index (κ3) is 4.96.